The molecule has 1 aromatic carbocycles. The molecule has 5 nitrogen and oxygen atoms in total. The fourth-order valence-electron chi connectivity index (χ4n) is 1.58. The first-order chi connectivity index (χ1) is 7.34. The van der Waals surface area contributed by atoms with Crippen LogP contribution in [0, 0.1) is 0 Å². The van der Waals surface area contributed by atoms with Crippen LogP contribution in [0.5, 0.6) is 0 Å². The maximum atomic E-state index is 11.1. The molecule has 2 heterocycles. The number of hydrogen-bond acceptors (Lipinski definition) is 4. The molecular formula is C10H6N4O. The van der Waals surface area contributed by atoms with Crippen molar-refractivity contribution in [2.75, 3.05) is 0 Å². The standard InChI is InChI=1S/C10H6N4O/c15-10-11-5-6-1-2-8-7(9(6)13-10)3-4-12-14-8/h1-5H,(H,11,13,15). The third-order valence-corrected chi connectivity index (χ3v) is 2.26. The van der Waals surface area contributed by atoms with Crippen LogP contribution in [0.25, 0.3) is 21.8 Å². The normalized spacial score (nSPS) is 10.9. The summed E-state index contributed by atoms with van der Waals surface area (Å²) in [5, 5.41) is 9.46. The maximum absolute atomic E-state index is 11.1. The number of nitrogens with one attached hydrogen (secondary N) is 1. The van der Waals surface area contributed by atoms with Crippen molar-refractivity contribution < 1.29 is 0 Å². The molecule has 1 N–H and O–H groups in total. The predicted octanol–water partition coefficient (Wildman–Crippen LogP) is 0.866. The van der Waals surface area contributed by atoms with Crippen molar-refractivity contribution in [1.82, 2.24) is 20.2 Å². The second-order valence-electron chi connectivity index (χ2n) is 3.17. The van der Waals surface area contributed by atoms with Gasteiger partial charge in [-0.25, -0.2) is 4.79 Å². The number of aromatic amines is 1. The van der Waals surface area contributed by atoms with Crippen molar-refractivity contribution in [2.45, 2.75) is 0 Å². The minimum absolute atomic E-state index is 0.355. The minimum atomic E-state index is -0.355. The van der Waals surface area contributed by atoms with E-state index < -0.39 is 0 Å². The summed E-state index contributed by atoms with van der Waals surface area (Å²) in [6, 6.07) is 5.51. The zero-order valence-electron chi connectivity index (χ0n) is 7.64. The van der Waals surface area contributed by atoms with Crippen molar-refractivity contribution in [3.63, 3.8) is 0 Å². The van der Waals surface area contributed by atoms with Crippen molar-refractivity contribution in [3.8, 4) is 0 Å². The molecule has 2 aromatic heterocycles. The summed E-state index contributed by atoms with van der Waals surface area (Å²) in [4.78, 5) is 17.6. The zero-order valence-corrected chi connectivity index (χ0v) is 7.64. The molecule has 0 radical (unpaired) electrons. The summed E-state index contributed by atoms with van der Waals surface area (Å²) in [6.07, 6.45) is 3.23. The molecular weight excluding hydrogens is 192 g/mol. The third kappa shape index (κ3) is 1.17. The largest absolute Gasteiger partial charge is 0.345 e. The zero-order chi connectivity index (χ0) is 10.3. The van der Waals surface area contributed by atoms with E-state index in [9.17, 15) is 4.79 Å². The number of aromatic nitrogens is 4. The highest BCUT2D eigenvalue weighted by molar-refractivity contribution is 6.02. The Hall–Kier alpha value is -2.30. The minimum Gasteiger partial charge on any atom is -0.312 e. The molecule has 3 rings (SSSR count). The van der Waals surface area contributed by atoms with E-state index in [-0.39, 0.29) is 5.69 Å². The van der Waals surface area contributed by atoms with E-state index in [0.717, 1.165) is 16.3 Å². The lowest BCUT2D eigenvalue weighted by Crippen LogP contribution is -2.08. The Kier molecular flexibility index (Phi) is 1.53. The van der Waals surface area contributed by atoms with Gasteiger partial charge in [-0.15, -0.1) is 0 Å². The number of nitrogens with zero attached hydrogens (tertiary/aromatic N) is 3. The second kappa shape index (κ2) is 2.84. The van der Waals surface area contributed by atoms with E-state index in [1.807, 2.05) is 12.1 Å². The SMILES string of the molecule is O=c1nc2c(ccc3nnccc32)c[nH]1. The van der Waals surface area contributed by atoms with Crippen LogP contribution in [0.15, 0.2) is 35.4 Å². The number of rotatable bonds is 0. The third-order valence-electron chi connectivity index (χ3n) is 2.26. The van der Waals surface area contributed by atoms with Gasteiger partial charge in [-0.05, 0) is 18.2 Å². The lowest BCUT2D eigenvalue weighted by Gasteiger charge is -1.99. The van der Waals surface area contributed by atoms with E-state index in [2.05, 4.69) is 20.2 Å². The molecule has 0 aliphatic carbocycles. The van der Waals surface area contributed by atoms with E-state index >= 15 is 0 Å². The van der Waals surface area contributed by atoms with Gasteiger partial charge < -0.3 is 4.98 Å². The summed E-state index contributed by atoms with van der Waals surface area (Å²) in [6.45, 7) is 0. The Morgan fingerprint density at radius 1 is 1.20 bits per heavy atom. The Bertz CT molecular complexity index is 704. The van der Waals surface area contributed by atoms with Crippen molar-refractivity contribution in [2.24, 2.45) is 0 Å². The van der Waals surface area contributed by atoms with Crippen molar-refractivity contribution >= 4 is 21.8 Å². The molecule has 0 saturated heterocycles. The summed E-state index contributed by atoms with van der Waals surface area (Å²) in [7, 11) is 0. The molecule has 0 aliphatic heterocycles. The summed E-state index contributed by atoms with van der Waals surface area (Å²) in [5.74, 6) is 0. The molecule has 0 unspecified atom stereocenters. The van der Waals surface area contributed by atoms with Gasteiger partial charge in [0.05, 0.1) is 17.2 Å². The Balaban J connectivity index is 2.63. The molecule has 0 spiro atoms. The van der Waals surface area contributed by atoms with Crippen LogP contribution in [0.1, 0.15) is 0 Å². The summed E-state index contributed by atoms with van der Waals surface area (Å²) >= 11 is 0. The molecule has 0 atom stereocenters. The average molecular weight is 198 g/mol. The van der Waals surface area contributed by atoms with Gasteiger partial charge in [0.25, 0.3) is 0 Å². The van der Waals surface area contributed by atoms with Gasteiger partial charge in [0.1, 0.15) is 0 Å². The second-order valence-corrected chi connectivity index (χ2v) is 3.17. The van der Waals surface area contributed by atoms with Gasteiger partial charge in [-0.3, -0.25) is 0 Å². The van der Waals surface area contributed by atoms with Crippen LogP contribution in [-0.2, 0) is 0 Å². The Labute approximate surface area is 83.8 Å². The van der Waals surface area contributed by atoms with Gasteiger partial charge in [-0.1, -0.05) is 0 Å². The average Bonchev–Trinajstić information content (AvgIpc) is 2.29. The number of H-pyrrole nitrogens is 1. The van der Waals surface area contributed by atoms with Crippen molar-refractivity contribution in [1.29, 1.82) is 0 Å². The molecule has 15 heavy (non-hydrogen) atoms. The lowest BCUT2D eigenvalue weighted by atomic mass is 10.1. The van der Waals surface area contributed by atoms with Crippen LogP contribution in [0.2, 0.25) is 0 Å². The Morgan fingerprint density at radius 3 is 3.07 bits per heavy atom. The highest BCUT2D eigenvalue weighted by Crippen LogP contribution is 2.19. The predicted molar refractivity (Wildman–Crippen MR) is 55.5 cm³/mol. The van der Waals surface area contributed by atoms with Crippen LogP contribution in [0.3, 0.4) is 0 Å². The number of benzene rings is 1. The molecule has 5 heteroatoms. The van der Waals surface area contributed by atoms with Crippen LogP contribution in [0.4, 0.5) is 0 Å². The topological polar surface area (TPSA) is 71.5 Å². The maximum Gasteiger partial charge on any atom is 0.345 e. The first-order valence-corrected chi connectivity index (χ1v) is 4.44. The van der Waals surface area contributed by atoms with Crippen molar-refractivity contribution in [3.05, 3.63) is 41.1 Å². The highest BCUT2D eigenvalue weighted by Gasteiger charge is 2.02. The smallest absolute Gasteiger partial charge is 0.312 e. The fourth-order valence-corrected chi connectivity index (χ4v) is 1.58. The summed E-state index contributed by atoms with van der Waals surface area (Å²) in [5.41, 5.74) is 1.04. The first-order valence-electron chi connectivity index (χ1n) is 4.44. The van der Waals surface area contributed by atoms with Gasteiger partial charge in [0.15, 0.2) is 0 Å². The Morgan fingerprint density at radius 2 is 2.13 bits per heavy atom. The highest BCUT2D eigenvalue weighted by atomic mass is 16.1. The molecule has 3 aromatic rings. The molecule has 0 fully saturated rings. The van der Waals surface area contributed by atoms with Gasteiger partial charge >= 0.3 is 5.69 Å². The van der Waals surface area contributed by atoms with Crippen LogP contribution in [-0.4, -0.2) is 20.2 Å². The fraction of sp³-hybridized carbons (Fsp3) is 0. The molecule has 0 amide bonds. The van der Waals surface area contributed by atoms with Gasteiger partial charge in [0.2, 0.25) is 0 Å². The lowest BCUT2D eigenvalue weighted by molar-refractivity contribution is 1.07. The van der Waals surface area contributed by atoms with E-state index in [1.54, 1.807) is 18.5 Å². The quantitative estimate of drug-likeness (QED) is 0.544. The van der Waals surface area contributed by atoms with E-state index in [4.69, 9.17) is 0 Å². The van der Waals surface area contributed by atoms with Gasteiger partial charge in [-0.2, -0.15) is 15.2 Å². The molecule has 0 saturated carbocycles. The number of hydrogen-bond donors (Lipinski definition) is 1. The molecule has 72 valence electrons. The van der Waals surface area contributed by atoms with E-state index in [1.165, 1.54) is 0 Å². The number of fused-ring (bicyclic) bond motifs is 3. The molecule has 0 bridgehead atoms. The van der Waals surface area contributed by atoms with Gasteiger partial charge in [0, 0.05) is 17.0 Å². The van der Waals surface area contributed by atoms with E-state index in [0.29, 0.717) is 5.52 Å². The van der Waals surface area contributed by atoms with Crippen LogP contribution < -0.4 is 5.69 Å². The monoisotopic (exact) mass is 198 g/mol. The van der Waals surface area contributed by atoms with Crippen LogP contribution >= 0.6 is 0 Å². The first kappa shape index (κ1) is 8.05. The summed E-state index contributed by atoms with van der Waals surface area (Å²) < 4.78 is 0. The molecule has 0 aliphatic rings.